The van der Waals surface area contributed by atoms with Crippen LogP contribution in [0.1, 0.15) is 18.9 Å². The first kappa shape index (κ1) is 11.2. The minimum atomic E-state index is 0.103. The number of hydrogen-bond acceptors (Lipinski definition) is 2. The van der Waals surface area contributed by atoms with Gasteiger partial charge in [-0.05, 0) is 24.1 Å². The van der Waals surface area contributed by atoms with Gasteiger partial charge in [0.2, 0.25) is 5.91 Å². The number of hydrogen-bond donors (Lipinski definition) is 0. The van der Waals surface area contributed by atoms with E-state index in [1.165, 1.54) is 0 Å². The molecule has 1 atom stereocenters. The average Bonchev–Trinajstić information content (AvgIpc) is 2.57. The molecule has 1 aromatic carbocycles. The first-order chi connectivity index (χ1) is 7.61. The van der Waals surface area contributed by atoms with Gasteiger partial charge in [-0.25, -0.2) is 0 Å². The monoisotopic (exact) mass is 278 g/mol. The molecule has 1 heterocycles. The van der Waals surface area contributed by atoms with Crippen LogP contribution in [-0.2, 0) is 4.79 Å². The van der Waals surface area contributed by atoms with Gasteiger partial charge in [0.05, 0.1) is 11.3 Å². The molecule has 1 saturated heterocycles. The molecular weight excluding hydrogens is 268 g/mol. The van der Waals surface area contributed by atoms with Crippen LogP contribution in [0.4, 0.5) is 5.69 Å². The minimum Gasteiger partial charge on any atom is -0.311 e. The Morgan fingerprint density at radius 3 is 2.88 bits per heavy atom. The number of nitrogens with zero attached hydrogens (tertiary/aromatic N) is 2. The van der Waals surface area contributed by atoms with Crippen molar-refractivity contribution in [2.45, 2.75) is 13.3 Å². The predicted molar refractivity (Wildman–Crippen MR) is 65.0 cm³/mol. The third kappa shape index (κ3) is 1.96. The van der Waals surface area contributed by atoms with E-state index >= 15 is 0 Å². The number of halogens is 1. The number of anilines is 1. The molecule has 0 spiro atoms. The van der Waals surface area contributed by atoms with E-state index in [4.69, 9.17) is 5.26 Å². The molecule has 0 saturated carbocycles. The fraction of sp³-hybridized carbons (Fsp3) is 0.333. The third-order valence-electron chi connectivity index (χ3n) is 2.69. The van der Waals surface area contributed by atoms with Crippen LogP contribution in [0.5, 0.6) is 0 Å². The summed E-state index contributed by atoms with van der Waals surface area (Å²) in [4.78, 5) is 13.4. The summed E-state index contributed by atoms with van der Waals surface area (Å²) in [5.74, 6) is 0.467. The van der Waals surface area contributed by atoms with Crippen molar-refractivity contribution >= 4 is 27.5 Å². The highest BCUT2D eigenvalue weighted by Crippen LogP contribution is 2.29. The molecule has 0 N–H and O–H groups in total. The maximum absolute atomic E-state index is 11.7. The van der Waals surface area contributed by atoms with Gasteiger partial charge in [-0.2, -0.15) is 5.26 Å². The van der Waals surface area contributed by atoms with Gasteiger partial charge < -0.3 is 4.90 Å². The first-order valence-electron chi connectivity index (χ1n) is 5.12. The largest absolute Gasteiger partial charge is 0.311 e. The van der Waals surface area contributed by atoms with Gasteiger partial charge in [0.15, 0.2) is 0 Å². The Kier molecular flexibility index (Phi) is 2.97. The van der Waals surface area contributed by atoms with E-state index in [2.05, 4.69) is 22.0 Å². The average molecular weight is 279 g/mol. The highest BCUT2D eigenvalue weighted by Gasteiger charge is 2.28. The second-order valence-electron chi connectivity index (χ2n) is 4.09. The van der Waals surface area contributed by atoms with Crippen molar-refractivity contribution in [3.8, 4) is 6.07 Å². The van der Waals surface area contributed by atoms with Crippen LogP contribution in [0.3, 0.4) is 0 Å². The molecule has 2 rings (SSSR count). The normalized spacial score (nSPS) is 19.9. The van der Waals surface area contributed by atoms with Gasteiger partial charge in [-0.1, -0.05) is 22.9 Å². The quantitative estimate of drug-likeness (QED) is 0.793. The SMILES string of the molecule is C[C@@H]1CC(=O)N(c2ccc(Br)cc2C#N)C1. The third-order valence-corrected chi connectivity index (χ3v) is 3.18. The molecule has 0 unspecified atom stereocenters. The molecule has 0 aromatic heterocycles. The maximum atomic E-state index is 11.7. The van der Waals surface area contributed by atoms with Crippen molar-refractivity contribution in [2.24, 2.45) is 5.92 Å². The fourth-order valence-electron chi connectivity index (χ4n) is 1.95. The van der Waals surface area contributed by atoms with Gasteiger partial charge in [-0.15, -0.1) is 0 Å². The molecule has 0 radical (unpaired) electrons. The van der Waals surface area contributed by atoms with Crippen LogP contribution < -0.4 is 4.90 Å². The minimum absolute atomic E-state index is 0.103. The zero-order valence-corrected chi connectivity index (χ0v) is 10.5. The van der Waals surface area contributed by atoms with Crippen molar-refractivity contribution in [3.63, 3.8) is 0 Å². The molecule has 4 heteroatoms. The van der Waals surface area contributed by atoms with Gasteiger partial charge in [0, 0.05) is 17.4 Å². The molecule has 0 aliphatic carbocycles. The van der Waals surface area contributed by atoms with Crippen LogP contribution in [-0.4, -0.2) is 12.5 Å². The molecule has 1 aliphatic rings. The van der Waals surface area contributed by atoms with Crippen LogP contribution >= 0.6 is 15.9 Å². The summed E-state index contributed by atoms with van der Waals surface area (Å²) >= 11 is 3.32. The van der Waals surface area contributed by atoms with E-state index in [9.17, 15) is 4.79 Å². The zero-order valence-electron chi connectivity index (χ0n) is 8.90. The van der Waals surface area contributed by atoms with Crippen molar-refractivity contribution in [1.29, 1.82) is 5.26 Å². The summed E-state index contributed by atoms with van der Waals surface area (Å²) in [6, 6.07) is 7.54. The van der Waals surface area contributed by atoms with Crippen LogP contribution in [0.2, 0.25) is 0 Å². The van der Waals surface area contributed by atoms with Crippen LogP contribution in [0, 0.1) is 17.2 Å². The second kappa shape index (κ2) is 4.26. The van der Waals surface area contributed by atoms with Gasteiger partial charge in [0.1, 0.15) is 6.07 Å². The van der Waals surface area contributed by atoms with Crippen molar-refractivity contribution in [2.75, 3.05) is 11.4 Å². The standard InChI is InChI=1S/C12H11BrN2O/c1-8-4-12(16)15(7-8)11-3-2-10(13)5-9(11)6-14/h2-3,5,8H,4,7H2,1H3/t8-/m1/s1. The summed E-state index contributed by atoms with van der Waals surface area (Å²) in [7, 11) is 0. The highest BCUT2D eigenvalue weighted by atomic mass is 79.9. The maximum Gasteiger partial charge on any atom is 0.227 e. The van der Waals surface area contributed by atoms with E-state index in [0.717, 1.165) is 10.2 Å². The lowest BCUT2D eigenvalue weighted by Crippen LogP contribution is -2.25. The van der Waals surface area contributed by atoms with E-state index in [-0.39, 0.29) is 5.91 Å². The number of carbonyl (C=O) groups is 1. The highest BCUT2D eigenvalue weighted by molar-refractivity contribution is 9.10. The van der Waals surface area contributed by atoms with Gasteiger partial charge in [0.25, 0.3) is 0 Å². The molecule has 3 nitrogen and oxygen atoms in total. The number of carbonyl (C=O) groups excluding carboxylic acids is 1. The summed E-state index contributed by atoms with van der Waals surface area (Å²) in [5.41, 5.74) is 1.26. The molecule has 1 aliphatic heterocycles. The Morgan fingerprint density at radius 2 is 2.31 bits per heavy atom. The lowest BCUT2D eigenvalue weighted by Gasteiger charge is -2.17. The summed E-state index contributed by atoms with van der Waals surface area (Å²) in [6.45, 7) is 2.75. The molecule has 1 amide bonds. The number of nitriles is 1. The van der Waals surface area contributed by atoms with Crippen molar-refractivity contribution in [3.05, 3.63) is 28.2 Å². The topological polar surface area (TPSA) is 44.1 Å². The zero-order chi connectivity index (χ0) is 11.7. The lowest BCUT2D eigenvalue weighted by atomic mass is 10.1. The molecule has 16 heavy (non-hydrogen) atoms. The lowest BCUT2D eigenvalue weighted by molar-refractivity contribution is -0.117. The Hall–Kier alpha value is -1.34. The van der Waals surface area contributed by atoms with Crippen molar-refractivity contribution in [1.82, 2.24) is 0 Å². The molecule has 0 bridgehead atoms. The first-order valence-corrected chi connectivity index (χ1v) is 5.91. The molecule has 1 aromatic rings. The summed E-state index contributed by atoms with van der Waals surface area (Å²) in [6.07, 6.45) is 0.570. The number of rotatable bonds is 1. The van der Waals surface area contributed by atoms with E-state index in [1.807, 2.05) is 19.1 Å². The van der Waals surface area contributed by atoms with E-state index in [1.54, 1.807) is 11.0 Å². The molecule has 1 fully saturated rings. The van der Waals surface area contributed by atoms with E-state index < -0.39 is 0 Å². The number of benzene rings is 1. The van der Waals surface area contributed by atoms with Gasteiger partial charge >= 0.3 is 0 Å². The molecule has 82 valence electrons. The van der Waals surface area contributed by atoms with Crippen LogP contribution in [0.25, 0.3) is 0 Å². The predicted octanol–water partition coefficient (Wildman–Crippen LogP) is 2.69. The Labute approximate surface area is 103 Å². The Morgan fingerprint density at radius 1 is 1.56 bits per heavy atom. The Bertz CT molecular complexity index is 478. The second-order valence-corrected chi connectivity index (χ2v) is 5.00. The summed E-state index contributed by atoms with van der Waals surface area (Å²) in [5, 5.41) is 9.05. The van der Waals surface area contributed by atoms with Gasteiger partial charge in [-0.3, -0.25) is 4.79 Å². The number of amides is 1. The fourth-order valence-corrected chi connectivity index (χ4v) is 2.31. The molecular formula is C12H11BrN2O. The van der Waals surface area contributed by atoms with E-state index in [0.29, 0.717) is 24.4 Å². The summed E-state index contributed by atoms with van der Waals surface area (Å²) < 4.78 is 0.854. The van der Waals surface area contributed by atoms with Crippen molar-refractivity contribution < 1.29 is 4.79 Å². The smallest absolute Gasteiger partial charge is 0.227 e. The Balaban J connectivity index is 2.41. The van der Waals surface area contributed by atoms with Crippen LogP contribution in [0.15, 0.2) is 22.7 Å².